The molecule has 4 aliphatic rings. The summed E-state index contributed by atoms with van der Waals surface area (Å²) in [5.74, 6) is -0.343. The van der Waals surface area contributed by atoms with E-state index >= 15 is 0 Å². The SMILES string of the molecule is CC(C)OC(=O)NN(CN1CC[C@]23c4c5ccc(OC(=O)c6ccccc6)c4O[C@H]2[C@@H](OC(=O)c2ccccc2)C=C[C@H]3[C@H]1C5)C(=O)OC(C)C. The van der Waals surface area contributed by atoms with Crippen molar-refractivity contribution in [2.75, 3.05) is 13.2 Å². The maximum absolute atomic E-state index is 13.4. The summed E-state index contributed by atoms with van der Waals surface area (Å²) in [5, 5.41) is 1.15. The van der Waals surface area contributed by atoms with Crippen molar-refractivity contribution in [1.82, 2.24) is 15.3 Å². The zero-order chi connectivity index (χ0) is 35.9. The molecule has 51 heavy (non-hydrogen) atoms. The Balaban J connectivity index is 1.24. The third-order valence-electron chi connectivity index (χ3n) is 9.87. The topological polar surface area (TPSA) is 133 Å². The summed E-state index contributed by atoms with van der Waals surface area (Å²) in [6.07, 6.45) is 1.48. The fourth-order valence-corrected chi connectivity index (χ4v) is 7.90. The van der Waals surface area contributed by atoms with E-state index in [1.54, 1.807) is 82.3 Å². The van der Waals surface area contributed by atoms with Crippen molar-refractivity contribution in [3.8, 4) is 11.5 Å². The Kier molecular flexibility index (Phi) is 9.19. The summed E-state index contributed by atoms with van der Waals surface area (Å²) in [6, 6.07) is 21.1. The lowest BCUT2D eigenvalue weighted by atomic mass is 9.53. The van der Waals surface area contributed by atoms with Crippen molar-refractivity contribution in [1.29, 1.82) is 0 Å². The number of ether oxygens (including phenoxy) is 5. The molecular formula is C39H41N3O9. The molecule has 1 saturated heterocycles. The molecule has 0 aromatic heterocycles. The number of hydrazine groups is 1. The minimum Gasteiger partial charge on any atom is -0.481 e. The van der Waals surface area contributed by atoms with E-state index in [-0.39, 0.29) is 24.7 Å². The van der Waals surface area contributed by atoms with E-state index < -0.39 is 47.9 Å². The summed E-state index contributed by atoms with van der Waals surface area (Å²) in [7, 11) is 0. The highest BCUT2D eigenvalue weighted by atomic mass is 16.6. The quantitative estimate of drug-likeness (QED) is 0.101. The standard InChI is InChI=1S/C39H41N3O9/c1-23(2)47-37(45)40-42(38(46)48-24(3)4)22-41-20-19-39-28-16-18-31(50-36(44)26-13-9-6-10-14-26)34(39)51-33-30(17-15-27(32(33)39)21-29(28)41)49-35(43)25-11-7-5-8-12-25/h5-18,23-24,28-29,31,34H,19-22H2,1-4H3,(H,40,45)/t28-,29+,31-,34-,39-/m0/s1. The van der Waals surface area contributed by atoms with Crippen LogP contribution < -0.4 is 14.9 Å². The summed E-state index contributed by atoms with van der Waals surface area (Å²) < 4.78 is 29.7. The zero-order valence-corrected chi connectivity index (χ0v) is 28.9. The molecule has 12 heteroatoms. The van der Waals surface area contributed by atoms with Gasteiger partial charge in [0.15, 0.2) is 17.6 Å². The lowest BCUT2D eigenvalue weighted by Gasteiger charge is -2.57. The van der Waals surface area contributed by atoms with Crippen LogP contribution >= 0.6 is 0 Å². The van der Waals surface area contributed by atoms with E-state index in [0.717, 1.165) is 16.1 Å². The van der Waals surface area contributed by atoms with Gasteiger partial charge in [-0.05, 0) is 82.5 Å². The Labute approximate surface area is 296 Å². The maximum Gasteiger partial charge on any atom is 0.430 e. The van der Waals surface area contributed by atoms with Crippen molar-refractivity contribution in [3.05, 3.63) is 107 Å². The number of esters is 2. The molecule has 3 aromatic carbocycles. The third-order valence-corrected chi connectivity index (χ3v) is 9.87. The largest absolute Gasteiger partial charge is 0.481 e. The highest BCUT2D eigenvalue weighted by molar-refractivity contribution is 5.91. The first-order valence-electron chi connectivity index (χ1n) is 17.3. The normalized spacial score (nSPS) is 23.9. The zero-order valence-electron chi connectivity index (χ0n) is 28.9. The van der Waals surface area contributed by atoms with Crippen LogP contribution in [0.3, 0.4) is 0 Å². The van der Waals surface area contributed by atoms with Gasteiger partial charge in [-0.1, -0.05) is 48.5 Å². The minimum atomic E-state index is -0.764. The van der Waals surface area contributed by atoms with Gasteiger partial charge in [-0.15, -0.1) is 0 Å². The summed E-state index contributed by atoms with van der Waals surface area (Å²) in [5.41, 5.74) is 4.72. The lowest BCUT2D eigenvalue weighted by Crippen LogP contribution is -2.67. The first-order valence-corrected chi connectivity index (χ1v) is 17.3. The second-order valence-electron chi connectivity index (χ2n) is 13.8. The monoisotopic (exact) mass is 695 g/mol. The molecule has 0 radical (unpaired) electrons. The van der Waals surface area contributed by atoms with Crippen molar-refractivity contribution in [2.24, 2.45) is 5.92 Å². The predicted octanol–water partition coefficient (Wildman–Crippen LogP) is 5.80. The van der Waals surface area contributed by atoms with Gasteiger partial charge in [0.1, 0.15) is 6.10 Å². The smallest absolute Gasteiger partial charge is 0.430 e. The van der Waals surface area contributed by atoms with Gasteiger partial charge in [0.05, 0.1) is 30.0 Å². The fourth-order valence-electron chi connectivity index (χ4n) is 7.90. The van der Waals surface area contributed by atoms with Gasteiger partial charge in [-0.3, -0.25) is 4.90 Å². The van der Waals surface area contributed by atoms with Crippen LogP contribution in [0.1, 0.15) is 66.0 Å². The lowest BCUT2D eigenvalue weighted by molar-refractivity contribution is -0.0729. The van der Waals surface area contributed by atoms with Gasteiger partial charge in [0.25, 0.3) is 0 Å². The van der Waals surface area contributed by atoms with E-state index in [1.807, 2.05) is 24.3 Å². The first kappa shape index (κ1) is 34.1. The summed E-state index contributed by atoms with van der Waals surface area (Å²) in [6.45, 7) is 7.47. The van der Waals surface area contributed by atoms with Crippen LogP contribution in [0.25, 0.3) is 0 Å². The molecule has 2 aliphatic carbocycles. The molecule has 1 fully saturated rings. The van der Waals surface area contributed by atoms with Gasteiger partial charge in [-0.2, -0.15) is 0 Å². The van der Waals surface area contributed by atoms with Gasteiger partial charge in [-0.25, -0.2) is 29.6 Å². The average Bonchev–Trinajstić information content (AvgIpc) is 3.46. The van der Waals surface area contributed by atoms with E-state index in [2.05, 4.69) is 16.4 Å². The number of amides is 2. The number of hydrogen-bond donors (Lipinski definition) is 1. The maximum atomic E-state index is 13.4. The number of likely N-dealkylation sites (tertiary alicyclic amines) is 1. The van der Waals surface area contributed by atoms with E-state index in [0.29, 0.717) is 42.0 Å². The van der Waals surface area contributed by atoms with Crippen molar-refractivity contribution < 1.29 is 42.9 Å². The Morgan fingerprint density at radius 2 is 1.55 bits per heavy atom. The molecule has 2 heterocycles. The number of carbonyl (C=O) groups excluding carboxylic acids is 4. The van der Waals surface area contributed by atoms with Crippen LogP contribution in [0.4, 0.5) is 9.59 Å². The van der Waals surface area contributed by atoms with Crippen LogP contribution in [0.2, 0.25) is 0 Å². The Bertz CT molecular complexity index is 1850. The molecule has 2 aliphatic heterocycles. The van der Waals surface area contributed by atoms with Crippen LogP contribution in [0.15, 0.2) is 84.9 Å². The Morgan fingerprint density at radius 3 is 2.22 bits per heavy atom. The van der Waals surface area contributed by atoms with Gasteiger partial charge in [0, 0.05) is 29.5 Å². The number of piperidine rings is 1. The molecule has 12 nitrogen and oxygen atoms in total. The minimum absolute atomic E-state index is 0.0384. The summed E-state index contributed by atoms with van der Waals surface area (Å²) >= 11 is 0. The Hall–Kier alpha value is -5.36. The highest BCUT2D eigenvalue weighted by Crippen LogP contribution is 2.63. The van der Waals surface area contributed by atoms with Crippen LogP contribution in [0, 0.1) is 5.92 Å². The number of hydrogen-bond acceptors (Lipinski definition) is 10. The predicted molar refractivity (Wildman–Crippen MR) is 184 cm³/mol. The number of carbonyl (C=O) groups is 4. The molecule has 5 atom stereocenters. The molecule has 2 bridgehead atoms. The second kappa shape index (κ2) is 13.7. The second-order valence-corrected chi connectivity index (χ2v) is 13.8. The number of benzene rings is 3. The summed E-state index contributed by atoms with van der Waals surface area (Å²) in [4.78, 5) is 54.6. The molecule has 0 unspecified atom stereocenters. The molecule has 266 valence electrons. The molecule has 2 amide bonds. The van der Waals surface area contributed by atoms with Crippen LogP contribution in [0.5, 0.6) is 11.5 Å². The molecule has 7 rings (SSSR count). The van der Waals surface area contributed by atoms with E-state index in [9.17, 15) is 19.2 Å². The molecule has 1 N–H and O–H groups in total. The van der Waals surface area contributed by atoms with Gasteiger partial charge in [0.2, 0.25) is 0 Å². The first-order chi connectivity index (χ1) is 24.5. The van der Waals surface area contributed by atoms with Crippen molar-refractivity contribution in [2.45, 2.75) is 76.4 Å². The molecule has 3 aromatic rings. The fraction of sp³-hybridized carbons (Fsp3) is 0.385. The highest BCUT2D eigenvalue weighted by Gasteiger charge is 2.65. The molecule has 0 saturated carbocycles. The molecular weight excluding hydrogens is 654 g/mol. The molecule has 1 spiro atoms. The average molecular weight is 696 g/mol. The van der Waals surface area contributed by atoms with Crippen molar-refractivity contribution >= 4 is 24.1 Å². The van der Waals surface area contributed by atoms with E-state index in [4.69, 9.17) is 23.7 Å². The van der Waals surface area contributed by atoms with Gasteiger partial charge < -0.3 is 23.7 Å². The number of rotatable bonds is 8. The van der Waals surface area contributed by atoms with E-state index in [1.165, 1.54) is 0 Å². The third kappa shape index (κ3) is 6.40. The number of nitrogens with one attached hydrogen (secondary N) is 1. The van der Waals surface area contributed by atoms with Gasteiger partial charge >= 0.3 is 24.1 Å². The van der Waals surface area contributed by atoms with Crippen molar-refractivity contribution in [3.63, 3.8) is 0 Å². The number of nitrogens with zero attached hydrogens (tertiary/aromatic N) is 2. The van der Waals surface area contributed by atoms with Crippen LogP contribution in [-0.2, 0) is 26.0 Å². The Morgan fingerprint density at radius 1 is 0.882 bits per heavy atom. The van der Waals surface area contributed by atoms with Crippen LogP contribution in [-0.4, -0.2) is 77.7 Å².